The number of alkyl halides is 3. The van der Waals surface area contributed by atoms with Crippen LogP contribution in [0, 0.1) is 10.1 Å². The number of benzene rings is 3. The van der Waals surface area contributed by atoms with Crippen molar-refractivity contribution in [2.45, 2.75) is 6.18 Å². The minimum atomic E-state index is -4.54. The molecule has 0 fully saturated rings. The smallest absolute Gasteiger partial charge is 0.393 e. The molecule has 0 saturated carbocycles. The average molecular weight is 442 g/mol. The van der Waals surface area contributed by atoms with Crippen molar-refractivity contribution in [2.24, 2.45) is 5.73 Å². The minimum absolute atomic E-state index is 0.0261. The molecule has 5 nitrogen and oxygen atoms in total. The first-order valence-electron chi connectivity index (χ1n) is 8.94. The van der Waals surface area contributed by atoms with Crippen LogP contribution in [0.25, 0.3) is 22.4 Å². The standard InChI is InChI=1S/C22H13F3N2O3S/c23-22(24,25)15-6-2-5-14(9-15)19-20(28)18(31-21(19)26)11-13-4-1-3-12-10-16(27(29)30)7-8-17(12)13/h1-11H,26H2. The molecule has 0 aromatic heterocycles. The van der Waals surface area contributed by atoms with Crippen molar-refractivity contribution in [2.75, 3.05) is 0 Å². The number of non-ortho nitro benzene ring substituents is 1. The quantitative estimate of drug-likeness (QED) is 0.317. The lowest BCUT2D eigenvalue weighted by molar-refractivity contribution is -0.384. The van der Waals surface area contributed by atoms with Gasteiger partial charge in [0.2, 0.25) is 5.78 Å². The fraction of sp³-hybridized carbons (Fsp3) is 0.0455. The Morgan fingerprint density at radius 2 is 1.77 bits per heavy atom. The van der Waals surface area contributed by atoms with Crippen LogP contribution in [0.5, 0.6) is 0 Å². The number of fused-ring (bicyclic) bond motifs is 1. The molecule has 3 aromatic carbocycles. The summed E-state index contributed by atoms with van der Waals surface area (Å²) in [5.41, 5.74) is 5.84. The summed E-state index contributed by atoms with van der Waals surface area (Å²) in [6, 6.07) is 14.0. The first-order chi connectivity index (χ1) is 14.6. The highest BCUT2D eigenvalue weighted by molar-refractivity contribution is 8.08. The number of carbonyl (C=O) groups excluding carboxylic acids is 1. The molecule has 1 heterocycles. The monoisotopic (exact) mass is 442 g/mol. The Bertz CT molecular complexity index is 1310. The summed E-state index contributed by atoms with van der Waals surface area (Å²) in [7, 11) is 0. The van der Waals surface area contributed by atoms with E-state index in [-0.39, 0.29) is 26.8 Å². The third kappa shape index (κ3) is 3.91. The maximum Gasteiger partial charge on any atom is 0.416 e. The lowest BCUT2D eigenvalue weighted by atomic mass is 9.98. The van der Waals surface area contributed by atoms with Gasteiger partial charge in [0.15, 0.2) is 0 Å². The van der Waals surface area contributed by atoms with Gasteiger partial charge in [-0.2, -0.15) is 13.2 Å². The van der Waals surface area contributed by atoms with Crippen LogP contribution in [0.2, 0.25) is 0 Å². The molecule has 3 aromatic rings. The zero-order valence-electron chi connectivity index (χ0n) is 15.6. The molecule has 2 N–H and O–H groups in total. The highest BCUT2D eigenvalue weighted by Crippen LogP contribution is 2.42. The van der Waals surface area contributed by atoms with E-state index in [1.54, 1.807) is 30.3 Å². The average Bonchev–Trinajstić information content (AvgIpc) is 3.00. The van der Waals surface area contributed by atoms with E-state index in [2.05, 4.69) is 0 Å². The lowest BCUT2D eigenvalue weighted by Crippen LogP contribution is -2.07. The molecular formula is C22H13F3N2O3S. The number of nitrogens with two attached hydrogens (primary N) is 1. The molecule has 0 radical (unpaired) electrons. The van der Waals surface area contributed by atoms with E-state index in [0.29, 0.717) is 16.3 Å². The summed E-state index contributed by atoms with van der Waals surface area (Å²) in [6.45, 7) is 0. The van der Waals surface area contributed by atoms with Gasteiger partial charge in [-0.15, -0.1) is 0 Å². The van der Waals surface area contributed by atoms with Gasteiger partial charge in [0, 0.05) is 12.1 Å². The maximum absolute atomic E-state index is 13.0. The van der Waals surface area contributed by atoms with E-state index >= 15 is 0 Å². The molecule has 0 amide bonds. The first-order valence-corrected chi connectivity index (χ1v) is 9.75. The van der Waals surface area contributed by atoms with E-state index in [1.807, 2.05) is 0 Å². The van der Waals surface area contributed by atoms with Gasteiger partial charge in [-0.25, -0.2) is 0 Å². The van der Waals surface area contributed by atoms with E-state index in [4.69, 9.17) is 5.73 Å². The molecular weight excluding hydrogens is 429 g/mol. The number of nitro groups is 1. The summed E-state index contributed by atoms with van der Waals surface area (Å²) < 4.78 is 39.1. The molecule has 0 saturated heterocycles. The first kappa shape index (κ1) is 20.7. The number of ketones is 1. The minimum Gasteiger partial charge on any atom is -0.393 e. The molecule has 0 spiro atoms. The maximum atomic E-state index is 13.0. The molecule has 0 unspecified atom stereocenters. The highest BCUT2D eigenvalue weighted by atomic mass is 32.2. The van der Waals surface area contributed by atoms with Gasteiger partial charge < -0.3 is 5.73 Å². The van der Waals surface area contributed by atoms with E-state index in [0.717, 1.165) is 23.9 Å². The van der Waals surface area contributed by atoms with Gasteiger partial charge >= 0.3 is 6.18 Å². The molecule has 9 heteroatoms. The van der Waals surface area contributed by atoms with Gasteiger partial charge in [-0.3, -0.25) is 14.9 Å². The largest absolute Gasteiger partial charge is 0.416 e. The second-order valence-corrected chi connectivity index (χ2v) is 7.85. The highest BCUT2D eigenvalue weighted by Gasteiger charge is 2.33. The van der Waals surface area contributed by atoms with Crippen molar-refractivity contribution < 1.29 is 22.9 Å². The summed E-state index contributed by atoms with van der Waals surface area (Å²) in [5.74, 6) is -0.472. The Labute approximate surface area is 178 Å². The normalized spacial score (nSPS) is 15.8. The molecule has 31 heavy (non-hydrogen) atoms. The Morgan fingerprint density at radius 3 is 2.48 bits per heavy atom. The van der Waals surface area contributed by atoms with Crippen molar-refractivity contribution in [1.82, 2.24) is 0 Å². The van der Waals surface area contributed by atoms with E-state index < -0.39 is 22.4 Å². The zero-order valence-corrected chi connectivity index (χ0v) is 16.5. The third-order valence-corrected chi connectivity index (χ3v) is 5.74. The Kier molecular flexibility index (Phi) is 5.06. The van der Waals surface area contributed by atoms with Crippen LogP contribution < -0.4 is 5.73 Å². The molecule has 1 aliphatic rings. The number of hydrogen-bond acceptors (Lipinski definition) is 5. The fourth-order valence-electron chi connectivity index (χ4n) is 3.35. The number of Topliss-reactive ketones (excluding diaryl/α,β-unsaturated/α-hetero) is 1. The third-order valence-electron chi connectivity index (χ3n) is 4.79. The van der Waals surface area contributed by atoms with Crippen LogP contribution in [-0.4, -0.2) is 10.7 Å². The summed E-state index contributed by atoms with van der Waals surface area (Å²) in [4.78, 5) is 23.7. The number of nitrogens with zero attached hydrogens (tertiary/aromatic N) is 1. The topological polar surface area (TPSA) is 86.2 Å². The molecule has 0 atom stereocenters. The van der Waals surface area contributed by atoms with Gasteiger partial charge in [-0.1, -0.05) is 42.1 Å². The van der Waals surface area contributed by atoms with Gasteiger partial charge in [0.1, 0.15) is 0 Å². The second-order valence-electron chi connectivity index (χ2n) is 6.77. The van der Waals surface area contributed by atoms with Crippen molar-refractivity contribution in [3.8, 4) is 0 Å². The number of rotatable bonds is 3. The Morgan fingerprint density at radius 1 is 1.03 bits per heavy atom. The Balaban J connectivity index is 1.73. The summed E-state index contributed by atoms with van der Waals surface area (Å²) in [6.07, 6.45) is -2.95. The van der Waals surface area contributed by atoms with Crippen LogP contribution in [0.15, 0.2) is 70.6 Å². The molecule has 1 aliphatic heterocycles. The van der Waals surface area contributed by atoms with Crippen LogP contribution in [0.1, 0.15) is 16.7 Å². The SMILES string of the molecule is NC1=C(c2cccc(C(F)(F)F)c2)C(=O)C(=Cc2cccc3cc([N+](=O)[O-])ccc23)S1. The number of hydrogen-bond donors (Lipinski definition) is 1. The second kappa shape index (κ2) is 7.59. The van der Waals surface area contributed by atoms with Crippen LogP contribution in [0.3, 0.4) is 0 Å². The van der Waals surface area contributed by atoms with Crippen LogP contribution in [-0.2, 0) is 11.0 Å². The molecule has 0 aliphatic carbocycles. The van der Waals surface area contributed by atoms with Crippen LogP contribution in [0.4, 0.5) is 18.9 Å². The number of halogens is 3. The van der Waals surface area contributed by atoms with Crippen molar-refractivity contribution >= 4 is 45.7 Å². The zero-order chi connectivity index (χ0) is 22.3. The van der Waals surface area contributed by atoms with Gasteiger partial charge in [0.05, 0.1) is 26.0 Å². The van der Waals surface area contributed by atoms with Crippen molar-refractivity contribution in [1.29, 1.82) is 0 Å². The Hall–Kier alpha value is -3.59. The van der Waals surface area contributed by atoms with Crippen LogP contribution >= 0.6 is 11.8 Å². The predicted molar refractivity (Wildman–Crippen MR) is 114 cm³/mol. The number of allylic oxidation sites excluding steroid dienone is 2. The lowest BCUT2D eigenvalue weighted by Gasteiger charge is -2.09. The van der Waals surface area contributed by atoms with Gasteiger partial charge in [-0.05, 0) is 46.2 Å². The predicted octanol–water partition coefficient (Wildman–Crippen LogP) is 5.75. The van der Waals surface area contributed by atoms with Gasteiger partial charge in [0.25, 0.3) is 5.69 Å². The molecule has 0 bridgehead atoms. The molecule has 4 rings (SSSR count). The van der Waals surface area contributed by atoms with E-state index in [9.17, 15) is 28.1 Å². The fourth-order valence-corrected chi connectivity index (χ4v) is 4.28. The summed E-state index contributed by atoms with van der Waals surface area (Å²) >= 11 is 0.981. The number of thioether (sulfide) groups is 1. The van der Waals surface area contributed by atoms with Crippen molar-refractivity contribution in [3.63, 3.8) is 0 Å². The number of carbonyl (C=O) groups is 1. The molecule has 156 valence electrons. The summed E-state index contributed by atoms with van der Waals surface area (Å²) in [5, 5.41) is 12.4. The van der Waals surface area contributed by atoms with Crippen molar-refractivity contribution in [3.05, 3.63) is 97.4 Å². The van der Waals surface area contributed by atoms with E-state index in [1.165, 1.54) is 24.3 Å². The number of nitro benzene ring substituents is 1.